The van der Waals surface area contributed by atoms with Gasteiger partial charge in [0.15, 0.2) is 5.43 Å². The van der Waals surface area contributed by atoms with E-state index in [9.17, 15) is 9.59 Å². The number of thioether (sulfide) groups is 1. The van der Waals surface area contributed by atoms with Crippen LogP contribution in [0.25, 0.3) is 11.0 Å². The minimum atomic E-state index is -0.546. The summed E-state index contributed by atoms with van der Waals surface area (Å²) in [5, 5.41) is 1.05. The van der Waals surface area contributed by atoms with E-state index in [4.69, 9.17) is 16.0 Å². The molecular formula is C25H18ClNO3S. The van der Waals surface area contributed by atoms with Crippen LogP contribution in [0.15, 0.2) is 86.9 Å². The summed E-state index contributed by atoms with van der Waals surface area (Å²) in [6.45, 7) is 0.271. The molecule has 0 radical (unpaired) electrons. The van der Waals surface area contributed by atoms with Gasteiger partial charge in [0, 0.05) is 16.5 Å². The maximum atomic E-state index is 13.5. The zero-order valence-corrected chi connectivity index (χ0v) is 18.2. The Morgan fingerprint density at radius 3 is 2.42 bits per heavy atom. The summed E-state index contributed by atoms with van der Waals surface area (Å²) in [4.78, 5) is 29.7. The van der Waals surface area contributed by atoms with Gasteiger partial charge >= 0.3 is 0 Å². The highest BCUT2D eigenvalue weighted by molar-refractivity contribution is 7.98. The van der Waals surface area contributed by atoms with Crippen LogP contribution in [0.3, 0.4) is 0 Å². The van der Waals surface area contributed by atoms with E-state index in [0.29, 0.717) is 21.6 Å². The second-order valence-electron chi connectivity index (χ2n) is 7.37. The van der Waals surface area contributed by atoms with Gasteiger partial charge in [0.05, 0.1) is 17.0 Å². The number of para-hydroxylation sites is 1. The number of benzene rings is 3. The smallest absolute Gasteiger partial charge is 0.291 e. The summed E-state index contributed by atoms with van der Waals surface area (Å²) in [5.74, 6) is -0.202. The van der Waals surface area contributed by atoms with Crippen molar-refractivity contribution in [1.29, 1.82) is 0 Å². The first-order valence-electron chi connectivity index (χ1n) is 9.82. The van der Waals surface area contributed by atoms with Crippen molar-refractivity contribution in [3.05, 3.63) is 110 Å². The summed E-state index contributed by atoms with van der Waals surface area (Å²) in [6.07, 6.45) is 2.01. The van der Waals surface area contributed by atoms with Crippen LogP contribution in [0.2, 0.25) is 5.02 Å². The summed E-state index contributed by atoms with van der Waals surface area (Å²) in [5.41, 5.74) is 2.29. The topological polar surface area (TPSA) is 50.5 Å². The van der Waals surface area contributed by atoms with Crippen LogP contribution in [-0.4, -0.2) is 17.1 Å². The van der Waals surface area contributed by atoms with E-state index in [1.807, 2.05) is 48.7 Å². The van der Waals surface area contributed by atoms with E-state index >= 15 is 0 Å². The molecule has 1 amide bonds. The van der Waals surface area contributed by atoms with Gasteiger partial charge in [-0.2, -0.15) is 0 Å². The van der Waals surface area contributed by atoms with Crippen LogP contribution >= 0.6 is 23.4 Å². The highest BCUT2D eigenvalue weighted by Crippen LogP contribution is 2.40. The molecule has 154 valence electrons. The van der Waals surface area contributed by atoms with Crippen LogP contribution in [0.1, 0.15) is 33.3 Å². The zero-order chi connectivity index (χ0) is 21.5. The van der Waals surface area contributed by atoms with E-state index in [-0.39, 0.29) is 23.6 Å². The predicted molar refractivity (Wildman–Crippen MR) is 124 cm³/mol. The van der Waals surface area contributed by atoms with Gasteiger partial charge in [0.25, 0.3) is 5.91 Å². The Morgan fingerprint density at radius 1 is 0.968 bits per heavy atom. The minimum Gasteiger partial charge on any atom is -0.450 e. The molecule has 5 rings (SSSR count). The van der Waals surface area contributed by atoms with Crippen molar-refractivity contribution in [2.75, 3.05) is 6.26 Å². The molecule has 2 heterocycles. The highest BCUT2D eigenvalue weighted by Gasteiger charge is 2.42. The van der Waals surface area contributed by atoms with Crippen LogP contribution in [0, 0.1) is 0 Å². The van der Waals surface area contributed by atoms with Crippen LogP contribution in [0.5, 0.6) is 0 Å². The number of amides is 1. The predicted octanol–water partition coefficient (Wildman–Crippen LogP) is 5.91. The molecule has 6 heteroatoms. The van der Waals surface area contributed by atoms with E-state index < -0.39 is 6.04 Å². The first-order chi connectivity index (χ1) is 15.1. The largest absolute Gasteiger partial charge is 0.450 e. The van der Waals surface area contributed by atoms with Gasteiger partial charge in [-0.3, -0.25) is 9.59 Å². The lowest BCUT2D eigenvalue weighted by atomic mass is 9.98. The van der Waals surface area contributed by atoms with Crippen molar-refractivity contribution in [3.8, 4) is 0 Å². The molecule has 4 nitrogen and oxygen atoms in total. The van der Waals surface area contributed by atoms with Crippen molar-refractivity contribution in [2.45, 2.75) is 17.5 Å². The van der Waals surface area contributed by atoms with Gasteiger partial charge in [-0.05, 0) is 47.7 Å². The number of hydrogen-bond donors (Lipinski definition) is 0. The Hall–Kier alpha value is -3.02. The number of nitrogens with zero attached hydrogens (tertiary/aromatic N) is 1. The van der Waals surface area contributed by atoms with Crippen molar-refractivity contribution in [1.82, 2.24) is 4.90 Å². The molecule has 1 aliphatic rings. The molecule has 0 N–H and O–H groups in total. The molecule has 0 saturated heterocycles. The van der Waals surface area contributed by atoms with Gasteiger partial charge in [-0.15, -0.1) is 11.8 Å². The number of rotatable bonds is 4. The normalized spacial score (nSPS) is 15.5. The second kappa shape index (κ2) is 7.91. The van der Waals surface area contributed by atoms with Crippen LogP contribution < -0.4 is 5.43 Å². The number of hydrogen-bond acceptors (Lipinski definition) is 4. The molecule has 1 aliphatic heterocycles. The summed E-state index contributed by atoms with van der Waals surface area (Å²) < 4.78 is 5.96. The molecule has 4 aromatic rings. The quantitative estimate of drug-likeness (QED) is 0.365. The molecule has 1 atom stereocenters. The molecular weight excluding hydrogens is 430 g/mol. The molecule has 0 spiro atoms. The third-order valence-corrected chi connectivity index (χ3v) is 6.72. The number of carbonyl (C=O) groups excluding carboxylic acids is 1. The Labute approximate surface area is 188 Å². The third-order valence-electron chi connectivity index (χ3n) is 5.60. The molecule has 0 fully saturated rings. The fourth-order valence-electron chi connectivity index (χ4n) is 4.07. The molecule has 0 saturated carbocycles. The van der Waals surface area contributed by atoms with Gasteiger partial charge in [0.1, 0.15) is 5.58 Å². The maximum Gasteiger partial charge on any atom is 0.291 e. The number of halogens is 1. The van der Waals surface area contributed by atoms with E-state index in [2.05, 4.69) is 0 Å². The van der Waals surface area contributed by atoms with Crippen molar-refractivity contribution >= 4 is 40.2 Å². The fraction of sp³-hybridized carbons (Fsp3) is 0.120. The fourth-order valence-corrected chi connectivity index (χ4v) is 4.68. The lowest BCUT2D eigenvalue weighted by Crippen LogP contribution is -2.29. The molecule has 0 bridgehead atoms. The Morgan fingerprint density at radius 2 is 1.68 bits per heavy atom. The molecule has 1 aromatic heterocycles. The van der Waals surface area contributed by atoms with Crippen molar-refractivity contribution < 1.29 is 9.21 Å². The van der Waals surface area contributed by atoms with Crippen molar-refractivity contribution in [2.24, 2.45) is 0 Å². The van der Waals surface area contributed by atoms with Crippen LogP contribution in [0.4, 0.5) is 0 Å². The summed E-state index contributed by atoms with van der Waals surface area (Å²) >= 11 is 8.02. The second-order valence-corrected chi connectivity index (χ2v) is 8.66. The standard InChI is InChI=1S/C25H18ClNO3S/c1-31-17-12-10-15(11-13-17)22-21-23(28)18-7-3-5-9-20(18)30-24(21)25(29)27(22)14-16-6-2-4-8-19(16)26/h2-13,22H,14H2,1H3. The van der Waals surface area contributed by atoms with Crippen molar-refractivity contribution in [3.63, 3.8) is 0 Å². The molecule has 1 unspecified atom stereocenters. The first kappa shape index (κ1) is 19.9. The summed E-state index contributed by atoms with van der Waals surface area (Å²) in [6, 6.07) is 21.8. The average molecular weight is 448 g/mol. The average Bonchev–Trinajstić information content (AvgIpc) is 3.07. The third kappa shape index (κ3) is 3.34. The molecule has 0 aliphatic carbocycles. The van der Waals surface area contributed by atoms with E-state index in [1.54, 1.807) is 47.0 Å². The van der Waals surface area contributed by atoms with Gasteiger partial charge in [0.2, 0.25) is 5.76 Å². The SMILES string of the molecule is CSc1ccc(C2c3c(oc4ccccc4c3=O)C(=O)N2Cc2ccccc2Cl)cc1. The molecule has 31 heavy (non-hydrogen) atoms. The lowest BCUT2D eigenvalue weighted by Gasteiger charge is -2.25. The first-order valence-corrected chi connectivity index (χ1v) is 11.4. The van der Waals surface area contributed by atoms with Gasteiger partial charge in [-0.1, -0.05) is 54.1 Å². The van der Waals surface area contributed by atoms with Gasteiger partial charge in [-0.25, -0.2) is 0 Å². The van der Waals surface area contributed by atoms with E-state index in [1.165, 1.54) is 0 Å². The Bertz CT molecular complexity index is 1360. The number of fused-ring (bicyclic) bond motifs is 2. The molecule has 3 aromatic carbocycles. The van der Waals surface area contributed by atoms with Crippen LogP contribution in [-0.2, 0) is 6.54 Å². The Balaban J connectivity index is 1.72. The Kier molecular flexibility index (Phi) is 5.08. The minimum absolute atomic E-state index is 0.106. The van der Waals surface area contributed by atoms with Gasteiger partial charge < -0.3 is 9.32 Å². The van der Waals surface area contributed by atoms with E-state index in [0.717, 1.165) is 16.0 Å². The highest BCUT2D eigenvalue weighted by atomic mass is 35.5. The lowest BCUT2D eigenvalue weighted by molar-refractivity contribution is 0.0714. The zero-order valence-electron chi connectivity index (χ0n) is 16.7. The summed E-state index contributed by atoms with van der Waals surface area (Å²) in [7, 11) is 0. The monoisotopic (exact) mass is 447 g/mol. The maximum absolute atomic E-state index is 13.5. The number of carbonyl (C=O) groups is 1.